The fourth-order valence-electron chi connectivity index (χ4n) is 1.93. The molecule has 0 spiro atoms. The molecule has 0 amide bonds. The van der Waals surface area contributed by atoms with E-state index in [2.05, 4.69) is 20.5 Å². The SMILES string of the molecule is COC(=O)[C@@H](Nc1nncc(-c2ccccc2F)n1)C(C)C. The van der Waals surface area contributed by atoms with Crippen molar-refractivity contribution in [1.82, 2.24) is 15.2 Å². The smallest absolute Gasteiger partial charge is 0.328 e. The van der Waals surface area contributed by atoms with E-state index in [0.29, 0.717) is 11.3 Å². The minimum Gasteiger partial charge on any atom is -0.467 e. The van der Waals surface area contributed by atoms with E-state index in [0.717, 1.165) is 0 Å². The molecule has 116 valence electrons. The van der Waals surface area contributed by atoms with Gasteiger partial charge < -0.3 is 10.1 Å². The maximum Gasteiger partial charge on any atom is 0.328 e. The predicted octanol–water partition coefficient (Wildman–Crippen LogP) is 2.29. The molecule has 2 rings (SSSR count). The zero-order valence-electron chi connectivity index (χ0n) is 12.6. The van der Waals surface area contributed by atoms with Crippen molar-refractivity contribution < 1.29 is 13.9 Å². The van der Waals surface area contributed by atoms with Gasteiger partial charge >= 0.3 is 5.97 Å². The van der Waals surface area contributed by atoms with Crippen LogP contribution in [-0.2, 0) is 9.53 Å². The second-order valence-corrected chi connectivity index (χ2v) is 5.03. The predicted molar refractivity (Wildman–Crippen MR) is 79.5 cm³/mol. The molecule has 0 aliphatic rings. The summed E-state index contributed by atoms with van der Waals surface area (Å²) >= 11 is 0. The van der Waals surface area contributed by atoms with Crippen molar-refractivity contribution in [3.63, 3.8) is 0 Å². The third-order valence-electron chi connectivity index (χ3n) is 3.12. The Morgan fingerprint density at radius 2 is 2.05 bits per heavy atom. The first-order valence-electron chi connectivity index (χ1n) is 6.82. The quantitative estimate of drug-likeness (QED) is 0.854. The number of methoxy groups -OCH3 is 1. The van der Waals surface area contributed by atoms with Gasteiger partial charge in [-0.15, -0.1) is 5.10 Å². The zero-order chi connectivity index (χ0) is 16.1. The minimum atomic E-state index is -0.609. The van der Waals surface area contributed by atoms with Gasteiger partial charge in [-0.1, -0.05) is 26.0 Å². The Morgan fingerprint density at radius 1 is 1.32 bits per heavy atom. The highest BCUT2D eigenvalue weighted by Gasteiger charge is 2.24. The Kier molecular flexibility index (Phi) is 4.98. The summed E-state index contributed by atoms with van der Waals surface area (Å²) in [4.78, 5) is 16.0. The highest BCUT2D eigenvalue weighted by atomic mass is 19.1. The molecule has 0 radical (unpaired) electrons. The summed E-state index contributed by atoms with van der Waals surface area (Å²) in [5.74, 6) is -0.713. The Labute approximate surface area is 127 Å². The van der Waals surface area contributed by atoms with Gasteiger partial charge in [-0.2, -0.15) is 5.10 Å². The minimum absolute atomic E-state index is 0.0341. The molecule has 1 heterocycles. The molecular weight excluding hydrogens is 287 g/mol. The number of nitrogens with one attached hydrogen (secondary N) is 1. The Morgan fingerprint density at radius 3 is 2.68 bits per heavy atom. The summed E-state index contributed by atoms with van der Waals surface area (Å²) < 4.78 is 18.5. The van der Waals surface area contributed by atoms with Crippen LogP contribution in [0.3, 0.4) is 0 Å². The van der Waals surface area contributed by atoms with Crippen LogP contribution in [0, 0.1) is 11.7 Å². The van der Waals surface area contributed by atoms with Gasteiger partial charge in [-0.05, 0) is 18.1 Å². The topological polar surface area (TPSA) is 77.0 Å². The largest absolute Gasteiger partial charge is 0.467 e. The third kappa shape index (κ3) is 3.55. The normalized spacial score (nSPS) is 12.0. The van der Waals surface area contributed by atoms with Crippen molar-refractivity contribution in [1.29, 1.82) is 0 Å². The van der Waals surface area contributed by atoms with Crippen LogP contribution in [-0.4, -0.2) is 34.3 Å². The molecule has 0 saturated heterocycles. The number of hydrogen-bond acceptors (Lipinski definition) is 6. The molecule has 0 unspecified atom stereocenters. The molecule has 1 N–H and O–H groups in total. The fourth-order valence-corrected chi connectivity index (χ4v) is 1.93. The number of benzene rings is 1. The second kappa shape index (κ2) is 6.93. The molecule has 0 aliphatic heterocycles. The van der Waals surface area contributed by atoms with E-state index in [-0.39, 0.29) is 11.9 Å². The Balaban J connectivity index is 2.29. The lowest BCUT2D eigenvalue weighted by Crippen LogP contribution is -2.36. The summed E-state index contributed by atoms with van der Waals surface area (Å²) in [6, 6.07) is 5.64. The molecule has 6 nitrogen and oxygen atoms in total. The third-order valence-corrected chi connectivity index (χ3v) is 3.12. The van der Waals surface area contributed by atoms with E-state index >= 15 is 0 Å². The van der Waals surface area contributed by atoms with Gasteiger partial charge in [-0.25, -0.2) is 14.2 Å². The maximum absolute atomic E-state index is 13.8. The summed E-state index contributed by atoms with van der Waals surface area (Å²) in [5.41, 5.74) is 0.655. The number of nitrogens with zero attached hydrogens (tertiary/aromatic N) is 3. The van der Waals surface area contributed by atoms with Gasteiger partial charge in [0, 0.05) is 5.56 Å². The number of ether oxygens (including phenoxy) is 1. The van der Waals surface area contributed by atoms with Crippen LogP contribution < -0.4 is 5.32 Å². The van der Waals surface area contributed by atoms with Gasteiger partial charge in [0.25, 0.3) is 0 Å². The molecule has 0 aliphatic carbocycles. The molecule has 1 aromatic heterocycles. The number of rotatable bonds is 5. The summed E-state index contributed by atoms with van der Waals surface area (Å²) in [6.07, 6.45) is 1.37. The summed E-state index contributed by atoms with van der Waals surface area (Å²) in [5, 5.41) is 10.5. The molecule has 1 aromatic carbocycles. The van der Waals surface area contributed by atoms with Crippen LogP contribution in [0.5, 0.6) is 0 Å². The van der Waals surface area contributed by atoms with Crippen LogP contribution in [0.4, 0.5) is 10.3 Å². The molecule has 0 fully saturated rings. The first-order valence-corrected chi connectivity index (χ1v) is 6.82. The molecular formula is C15H17FN4O2. The van der Waals surface area contributed by atoms with Crippen LogP contribution in [0.2, 0.25) is 0 Å². The van der Waals surface area contributed by atoms with Gasteiger partial charge in [0.1, 0.15) is 11.9 Å². The van der Waals surface area contributed by atoms with Crippen LogP contribution >= 0.6 is 0 Å². The van der Waals surface area contributed by atoms with Gasteiger partial charge in [0.2, 0.25) is 5.95 Å². The first-order chi connectivity index (χ1) is 10.5. The van der Waals surface area contributed by atoms with Gasteiger partial charge in [-0.3, -0.25) is 0 Å². The molecule has 0 saturated carbocycles. The average Bonchev–Trinajstić information content (AvgIpc) is 2.52. The number of carbonyl (C=O) groups is 1. The van der Waals surface area contributed by atoms with Gasteiger partial charge in [0.15, 0.2) is 0 Å². The lowest BCUT2D eigenvalue weighted by atomic mass is 10.1. The molecule has 2 aromatic rings. The summed E-state index contributed by atoms with van der Waals surface area (Å²) in [7, 11) is 1.31. The van der Waals surface area contributed by atoms with Crippen molar-refractivity contribution in [2.75, 3.05) is 12.4 Å². The van der Waals surface area contributed by atoms with Crippen molar-refractivity contribution in [3.05, 3.63) is 36.3 Å². The first kappa shape index (κ1) is 15.8. The molecule has 1 atom stereocenters. The van der Waals surface area contributed by atoms with Crippen LogP contribution in [0.15, 0.2) is 30.5 Å². The van der Waals surface area contributed by atoms with E-state index in [1.54, 1.807) is 18.2 Å². The van der Waals surface area contributed by atoms with Crippen LogP contribution in [0.25, 0.3) is 11.3 Å². The molecule has 0 bridgehead atoms. The Hall–Kier alpha value is -2.57. The van der Waals surface area contributed by atoms with E-state index in [9.17, 15) is 9.18 Å². The monoisotopic (exact) mass is 304 g/mol. The standard InChI is InChI=1S/C15H17FN4O2/c1-9(2)13(14(21)22-3)19-15-18-12(8-17-20-15)10-6-4-5-7-11(10)16/h4-9,13H,1-3H3,(H,18,19,20)/t13-/m0/s1. The van der Waals surface area contributed by atoms with E-state index in [4.69, 9.17) is 4.74 Å². The van der Waals surface area contributed by atoms with Crippen molar-refractivity contribution in [3.8, 4) is 11.3 Å². The fraction of sp³-hybridized carbons (Fsp3) is 0.333. The molecule has 22 heavy (non-hydrogen) atoms. The number of aromatic nitrogens is 3. The number of carbonyl (C=O) groups excluding carboxylic acids is 1. The molecule has 7 heteroatoms. The van der Waals surface area contributed by atoms with Crippen molar-refractivity contribution in [2.24, 2.45) is 5.92 Å². The van der Waals surface area contributed by atoms with Crippen molar-refractivity contribution in [2.45, 2.75) is 19.9 Å². The highest BCUT2D eigenvalue weighted by Crippen LogP contribution is 2.20. The average molecular weight is 304 g/mol. The summed E-state index contributed by atoms with van der Waals surface area (Å²) in [6.45, 7) is 3.73. The zero-order valence-corrected chi connectivity index (χ0v) is 12.6. The maximum atomic E-state index is 13.8. The van der Waals surface area contributed by atoms with E-state index in [1.165, 1.54) is 19.4 Å². The van der Waals surface area contributed by atoms with E-state index in [1.807, 2.05) is 13.8 Å². The Bertz CT molecular complexity index is 663. The number of esters is 1. The number of hydrogen-bond donors (Lipinski definition) is 1. The highest BCUT2D eigenvalue weighted by molar-refractivity contribution is 5.78. The number of anilines is 1. The van der Waals surface area contributed by atoms with Crippen molar-refractivity contribution >= 4 is 11.9 Å². The lowest BCUT2D eigenvalue weighted by molar-refractivity contribution is -0.142. The van der Waals surface area contributed by atoms with Gasteiger partial charge in [0.05, 0.1) is 19.0 Å². The van der Waals surface area contributed by atoms with Crippen LogP contribution in [0.1, 0.15) is 13.8 Å². The lowest BCUT2D eigenvalue weighted by Gasteiger charge is -2.19. The van der Waals surface area contributed by atoms with E-state index < -0.39 is 17.8 Å². The number of halogens is 1. The second-order valence-electron chi connectivity index (χ2n) is 5.03.